The summed E-state index contributed by atoms with van der Waals surface area (Å²) in [7, 11) is 0. The maximum atomic E-state index is 11.0. The van der Waals surface area contributed by atoms with E-state index in [0.717, 1.165) is 6.42 Å². The number of carboxylic acids is 1. The fourth-order valence-corrected chi connectivity index (χ4v) is 4.16. The summed E-state index contributed by atoms with van der Waals surface area (Å²) in [6, 6.07) is 0.202. The minimum atomic E-state index is -0.875. The van der Waals surface area contributed by atoms with E-state index in [1.807, 2.05) is 0 Å². The molecule has 0 spiro atoms. The highest BCUT2D eigenvalue weighted by Crippen LogP contribution is 2.61. The molecule has 0 amide bonds. The van der Waals surface area contributed by atoms with Crippen LogP contribution in [0.5, 0.6) is 0 Å². The zero-order valence-electron chi connectivity index (χ0n) is 11.8. The second-order valence-corrected chi connectivity index (χ2v) is 6.56. The maximum absolute atomic E-state index is 11.0. The standard InChI is InChI=1S/C14H23NO4/c1-9-11-4-10(14(11,2)3)5-12(9)15(6-13(17)18)7-19-8-16/h8-12H,4-7H2,1-3H3,(H,17,18)/t9-,10+,11-,12-/m1/s1. The minimum Gasteiger partial charge on any atom is -0.480 e. The van der Waals surface area contributed by atoms with Gasteiger partial charge in [0, 0.05) is 6.04 Å². The van der Waals surface area contributed by atoms with Gasteiger partial charge in [-0.25, -0.2) is 0 Å². The molecule has 0 unspecified atom stereocenters. The summed E-state index contributed by atoms with van der Waals surface area (Å²) < 4.78 is 4.78. The van der Waals surface area contributed by atoms with Gasteiger partial charge in [-0.15, -0.1) is 0 Å². The first-order chi connectivity index (χ1) is 8.87. The van der Waals surface area contributed by atoms with Gasteiger partial charge in [-0.3, -0.25) is 14.5 Å². The number of rotatable bonds is 6. The van der Waals surface area contributed by atoms with Crippen LogP contribution in [0, 0.1) is 23.2 Å². The molecule has 2 bridgehead atoms. The van der Waals surface area contributed by atoms with Crippen molar-refractivity contribution in [1.29, 1.82) is 0 Å². The molecule has 3 saturated carbocycles. The Bertz CT molecular complexity index is 368. The molecule has 1 N–H and O–H groups in total. The molecule has 3 aliphatic rings. The van der Waals surface area contributed by atoms with E-state index >= 15 is 0 Å². The largest absolute Gasteiger partial charge is 0.480 e. The highest BCUT2D eigenvalue weighted by molar-refractivity contribution is 5.69. The van der Waals surface area contributed by atoms with Crippen LogP contribution in [0.4, 0.5) is 0 Å². The molecule has 0 heterocycles. The number of aliphatic carboxylic acids is 1. The van der Waals surface area contributed by atoms with Gasteiger partial charge < -0.3 is 9.84 Å². The third-order valence-corrected chi connectivity index (χ3v) is 5.43. The highest BCUT2D eigenvalue weighted by atomic mass is 16.5. The lowest BCUT2D eigenvalue weighted by atomic mass is 9.44. The summed E-state index contributed by atoms with van der Waals surface area (Å²) in [5, 5.41) is 8.99. The van der Waals surface area contributed by atoms with Crippen molar-refractivity contribution in [2.45, 2.75) is 39.7 Å². The monoisotopic (exact) mass is 269 g/mol. The van der Waals surface area contributed by atoms with E-state index in [0.29, 0.717) is 29.6 Å². The Balaban J connectivity index is 2.06. The lowest BCUT2D eigenvalue weighted by molar-refractivity contribution is -0.164. The molecule has 3 rings (SSSR count). The number of ether oxygens (including phenoxy) is 1. The number of carbonyl (C=O) groups excluding carboxylic acids is 1. The SMILES string of the molecule is C[C@H]1[C@H](N(COC=O)CC(=O)O)C[C@@H]2C[C@H]1C2(C)C. The van der Waals surface area contributed by atoms with E-state index in [-0.39, 0.29) is 19.3 Å². The fraction of sp³-hybridized carbons (Fsp3) is 0.857. The molecule has 0 aromatic heterocycles. The molecule has 0 radical (unpaired) electrons. The average molecular weight is 269 g/mol. The Morgan fingerprint density at radius 2 is 2.16 bits per heavy atom. The van der Waals surface area contributed by atoms with Gasteiger partial charge in [-0.05, 0) is 36.0 Å². The first-order valence-electron chi connectivity index (χ1n) is 6.89. The molecular weight excluding hydrogens is 246 g/mol. The van der Waals surface area contributed by atoms with Gasteiger partial charge in [-0.1, -0.05) is 20.8 Å². The Labute approximate surface area is 113 Å². The van der Waals surface area contributed by atoms with Crippen LogP contribution < -0.4 is 0 Å². The zero-order valence-corrected chi connectivity index (χ0v) is 11.8. The van der Waals surface area contributed by atoms with E-state index in [1.54, 1.807) is 4.90 Å². The predicted octanol–water partition coefficient (Wildman–Crippen LogP) is 1.57. The lowest BCUT2D eigenvalue weighted by Crippen LogP contribution is -2.61. The van der Waals surface area contributed by atoms with E-state index in [9.17, 15) is 9.59 Å². The van der Waals surface area contributed by atoms with Gasteiger partial charge >= 0.3 is 5.97 Å². The van der Waals surface area contributed by atoms with Crippen molar-refractivity contribution < 1.29 is 19.4 Å². The van der Waals surface area contributed by atoms with Gasteiger partial charge in [0.15, 0.2) is 0 Å². The lowest BCUT2D eigenvalue weighted by Gasteiger charge is -2.63. The van der Waals surface area contributed by atoms with Crippen LogP contribution in [0.1, 0.15) is 33.6 Å². The van der Waals surface area contributed by atoms with Crippen LogP contribution >= 0.6 is 0 Å². The van der Waals surface area contributed by atoms with Gasteiger partial charge in [-0.2, -0.15) is 0 Å². The van der Waals surface area contributed by atoms with Gasteiger partial charge in [0.1, 0.15) is 6.73 Å². The van der Waals surface area contributed by atoms with Crippen molar-refractivity contribution >= 4 is 12.4 Å². The van der Waals surface area contributed by atoms with Gasteiger partial charge in [0.05, 0.1) is 6.54 Å². The molecule has 0 aromatic rings. The molecule has 5 nitrogen and oxygen atoms in total. The normalized spacial score (nSPS) is 35.6. The maximum Gasteiger partial charge on any atom is 0.317 e. The summed E-state index contributed by atoms with van der Waals surface area (Å²) in [5.41, 5.74) is 0.371. The Morgan fingerprint density at radius 1 is 1.47 bits per heavy atom. The molecule has 5 heteroatoms. The molecule has 0 aliphatic heterocycles. The minimum absolute atomic E-state index is 0.0668. The molecule has 108 valence electrons. The summed E-state index contributed by atoms with van der Waals surface area (Å²) >= 11 is 0. The topological polar surface area (TPSA) is 66.8 Å². The smallest absolute Gasteiger partial charge is 0.317 e. The number of carboxylic acid groups (broad SMARTS) is 1. The molecule has 3 aliphatic carbocycles. The van der Waals surface area contributed by atoms with E-state index < -0.39 is 5.97 Å². The van der Waals surface area contributed by atoms with Crippen molar-refractivity contribution in [3.8, 4) is 0 Å². The summed E-state index contributed by atoms with van der Waals surface area (Å²) in [4.78, 5) is 23.1. The van der Waals surface area contributed by atoms with Crippen LogP contribution in [-0.4, -0.2) is 41.8 Å². The number of nitrogens with zero attached hydrogens (tertiary/aromatic N) is 1. The second kappa shape index (κ2) is 5.12. The summed E-state index contributed by atoms with van der Waals surface area (Å²) in [6.45, 7) is 7.20. The molecule has 0 aromatic carbocycles. The average Bonchev–Trinajstić information content (AvgIpc) is 2.33. The number of carbonyl (C=O) groups is 2. The van der Waals surface area contributed by atoms with E-state index in [4.69, 9.17) is 9.84 Å². The summed E-state index contributed by atoms with van der Waals surface area (Å²) in [6.07, 6.45) is 2.25. The van der Waals surface area contributed by atoms with Crippen molar-refractivity contribution in [1.82, 2.24) is 4.90 Å². The molecular formula is C14H23NO4. The molecule has 0 saturated heterocycles. The van der Waals surface area contributed by atoms with Crippen LogP contribution in [0.3, 0.4) is 0 Å². The predicted molar refractivity (Wildman–Crippen MR) is 69.3 cm³/mol. The highest BCUT2D eigenvalue weighted by Gasteiger charge is 2.57. The van der Waals surface area contributed by atoms with Crippen molar-refractivity contribution in [3.05, 3.63) is 0 Å². The quantitative estimate of drug-likeness (QED) is 0.585. The van der Waals surface area contributed by atoms with E-state index in [1.165, 1.54) is 6.42 Å². The Hall–Kier alpha value is -1.10. The zero-order chi connectivity index (χ0) is 14.2. The second-order valence-electron chi connectivity index (χ2n) is 6.56. The van der Waals surface area contributed by atoms with Crippen LogP contribution in [0.15, 0.2) is 0 Å². The Kier molecular flexibility index (Phi) is 3.85. The fourth-order valence-electron chi connectivity index (χ4n) is 4.16. The first kappa shape index (κ1) is 14.3. The number of hydrogen-bond donors (Lipinski definition) is 1. The van der Waals surface area contributed by atoms with Crippen LogP contribution in [0.2, 0.25) is 0 Å². The summed E-state index contributed by atoms with van der Waals surface area (Å²) in [5.74, 6) is 0.866. The van der Waals surface area contributed by atoms with Crippen molar-refractivity contribution in [2.75, 3.05) is 13.3 Å². The third-order valence-electron chi connectivity index (χ3n) is 5.43. The first-order valence-corrected chi connectivity index (χ1v) is 6.89. The molecule has 19 heavy (non-hydrogen) atoms. The van der Waals surface area contributed by atoms with Crippen LogP contribution in [-0.2, 0) is 14.3 Å². The molecule has 4 atom stereocenters. The van der Waals surface area contributed by atoms with Crippen molar-refractivity contribution in [3.63, 3.8) is 0 Å². The molecule has 3 fully saturated rings. The number of hydrogen-bond acceptors (Lipinski definition) is 4. The number of fused-ring (bicyclic) bond motifs is 2. The van der Waals surface area contributed by atoms with Gasteiger partial charge in [0.25, 0.3) is 6.47 Å². The third kappa shape index (κ3) is 2.48. The van der Waals surface area contributed by atoms with Crippen molar-refractivity contribution in [2.24, 2.45) is 23.2 Å². The Morgan fingerprint density at radius 3 is 2.63 bits per heavy atom. The van der Waals surface area contributed by atoms with Gasteiger partial charge in [0.2, 0.25) is 0 Å². The van der Waals surface area contributed by atoms with E-state index in [2.05, 4.69) is 20.8 Å². The van der Waals surface area contributed by atoms with Crippen LogP contribution in [0.25, 0.3) is 0 Å².